The molecule has 0 amide bonds. The van der Waals surface area contributed by atoms with Gasteiger partial charge in [0.1, 0.15) is 0 Å². The molecular weight excluding hydrogens is 240 g/mol. The number of unbranched alkanes of at least 4 members (excludes halogenated alkanes) is 3. The summed E-state index contributed by atoms with van der Waals surface area (Å²) in [4.78, 5) is 0. The molecule has 0 heteroatoms. The maximum Gasteiger partial charge on any atom is -0.0202 e. The van der Waals surface area contributed by atoms with E-state index in [1.165, 1.54) is 64.2 Å². The molecule has 0 aliphatic heterocycles. The van der Waals surface area contributed by atoms with E-state index >= 15 is 0 Å². The van der Waals surface area contributed by atoms with Crippen LogP contribution in [-0.4, -0.2) is 0 Å². The van der Waals surface area contributed by atoms with Crippen molar-refractivity contribution in [3.05, 3.63) is 36.5 Å². The molecule has 1 fully saturated rings. The van der Waals surface area contributed by atoms with Crippen LogP contribution in [0, 0.1) is 11.8 Å². The van der Waals surface area contributed by atoms with E-state index in [1.54, 1.807) is 0 Å². The van der Waals surface area contributed by atoms with Gasteiger partial charge in [-0.15, -0.1) is 0 Å². The van der Waals surface area contributed by atoms with Gasteiger partial charge >= 0.3 is 0 Å². The Hall–Kier alpha value is -0.780. The van der Waals surface area contributed by atoms with Gasteiger partial charge in [0.15, 0.2) is 0 Å². The zero-order chi connectivity index (χ0) is 14.5. The van der Waals surface area contributed by atoms with Gasteiger partial charge in [-0.2, -0.15) is 0 Å². The quantitative estimate of drug-likeness (QED) is 0.302. The van der Waals surface area contributed by atoms with Gasteiger partial charge < -0.3 is 0 Å². The minimum Gasteiger partial charge on any atom is -0.0885 e. The van der Waals surface area contributed by atoms with Crippen molar-refractivity contribution in [2.45, 2.75) is 78.1 Å². The standard InChI is InChI=1S/C20H34/c1-3-5-7-9-10-11-13-16-20-18-14-17-19(20)15-12-8-6-4-2/h7-9,12-13,16,19-20H,3-6,10-11,14-15,17-18H2,1-2H3/t19-,20-/m0/s1. The molecule has 0 radical (unpaired) electrons. The second-order valence-electron chi connectivity index (χ2n) is 6.12. The van der Waals surface area contributed by atoms with Gasteiger partial charge in [0, 0.05) is 0 Å². The summed E-state index contributed by atoms with van der Waals surface area (Å²) in [5.74, 6) is 1.76. The highest BCUT2D eigenvalue weighted by atomic mass is 14.3. The van der Waals surface area contributed by atoms with E-state index in [2.05, 4.69) is 50.3 Å². The Bertz CT molecular complexity index is 295. The molecule has 0 unspecified atom stereocenters. The van der Waals surface area contributed by atoms with Gasteiger partial charge in [0.05, 0.1) is 0 Å². The molecule has 0 saturated heterocycles. The van der Waals surface area contributed by atoms with Crippen LogP contribution in [0.15, 0.2) is 36.5 Å². The topological polar surface area (TPSA) is 0 Å². The summed E-state index contributed by atoms with van der Waals surface area (Å²) in [6.45, 7) is 4.49. The Labute approximate surface area is 127 Å². The predicted molar refractivity (Wildman–Crippen MR) is 91.9 cm³/mol. The normalized spacial score (nSPS) is 23.7. The van der Waals surface area contributed by atoms with Gasteiger partial charge in [-0.1, -0.05) is 69.6 Å². The van der Waals surface area contributed by atoms with Gasteiger partial charge in [0.2, 0.25) is 0 Å². The smallest absolute Gasteiger partial charge is 0.0202 e. The summed E-state index contributed by atoms with van der Waals surface area (Å²) in [6.07, 6.45) is 27.4. The SMILES string of the molecule is CCCC=CCCC=C[C@H]1CCC[C@@H]1CC=CCCC. The molecule has 114 valence electrons. The van der Waals surface area contributed by atoms with Crippen LogP contribution in [0.2, 0.25) is 0 Å². The van der Waals surface area contributed by atoms with Crippen molar-refractivity contribution in [2.24, 2.45) is 11.8 Å². The molecule has 0 aromatic heterocycles. The Kier molecular flexibility index (Phi) is 10.4. The summed E-state index contributed by atoms with van der Waals surface area (Å²) in [5.41, 5.74) is 0. The summed E-state index contributed by atoms with van der Waals surface area (Å²) >= 11 is 0. The molecule has 1 aliphatic rings. The maximum absolute atomic E-state index is 2.51. The fraction of sp³-hybridized carbons (Fsp3) is 0.700. The zero-order valence-corrected chi connectivity index (χ0v) is 13.7. The third-order valence-corrected chi connectivity index (χ3v) is 4.28. The highest BCUT2D eigenvalue weighted by molar-refractivity contribution is 4.98. The van der Waals surface area contributed by atoms with Crippen LogP contribution >= 0.6 is 0 Å². The summed E-state index contributed by atoms with van der Waals surface area (Å²) in [7, 11) is 0. The first-order chi connectivity index (χ1) is 9.88. The third kappa shape index (κ3) is 7.72. The second kappa shape index (κ2) is 12.0. The van der Waals surface area contributed by atoms with Crippen LogP contribution in [0.3, 0.4) is 0 Å². The van der Waals surface area contributed by atoms with Crippen molar-refractivity contribution in [2.75, 3.05) is 0 Å². The summed E-state index contributed by atoms with van der Waals surface area (Å²) < 4.78 is 0. The van der Waals surface area contributed by atoms with Crippen LogP contribution < -0.4 is 0 Å². The Morgan fingerprint density at radius 2 is 1.40 bits per heavy atom. The van der Waals surface area contributed by atoms with Gasteiger partial charge in [-0.3, -0.25) is 0 Å². The molecule has 0 spiro atoms. The molecule has 20 heavy (non-hydrogen) atoms. The van der Waals surface area contributed by atoms with Crippen LogP contribution in [0.4, 0.5) is 0 Å². The van der Waals surface area contributed by atoms with Crippen molar-refractivity contribution in [3.63, 3.8) is 0 Å². The van der Waals surface area contributed by atoms with E-state index in [0.717, 1.165) is 11.8 Å². The van der Waals surface area contributed by atoms with E-state index in [0.29, 0.717) is 0 Å². The zero-order valence-electron chi connectivity index (χ0n) is 13.7. The Morgan fingerprint density at radius 3 is 2.15 bits per heavy atom. The van der Waals surface area contributed by atoms with Crippen molar-refractivity contribution in [1.82, 2.24) is 0 Å². The van der Waals surface area contributed by atoms with E-state index in [9.17, 15) is 0 Å². The Morgan fingerprint density at radius 1 is 0.750 bits per heavy atom. The van der Waals surface area contributed by atoms with Gasteiger partial charge in [0.25, 0.3) is 0 Å². The largest absolute Gasteiger partial charge is 0.0885 e. The molecule has 2 atom stereocenters. The fourth-order valence-electron chi connectivity index (χ4n) is 3.03. The number of allylic oxidation sites excluding steroid dienone is 6. The maximum atomic E-state index is 2.51. The molecule has 0 heterocycles. The lowest BCUT2D eigenvalue weighted by atomic mass is 9.92. The van der Waals surface area contributed by atoms with Crippen molar-refractivity contribution in [1.29, 1.82) is 0 Å². The van der Waals surface area contributed by atoms with Crippen LogP contribution in [-0.2, 0) is 0 Å². The van der Waals surface area contributed by atoms with Crippen molar-refractivity contribution >= 4 is 0 Å². The van der Waals surface area contributed by atoms with Crippen LogP contribution in [0.1, 0.15) is 78.1 Å². The third-order valence-electron chi connectivity index (χ3n) is 4.28. The predicted octanol–water partition coefficient (Wildman–Crippen LogP) is 6.84. The summed E-state index contributed by atoms with van der Waals surface area (Å²) in [6, 6.07) is 0. The fourth-order valence-corrected chi connectivity index (χ4v) is 3.03. The first-order valence-corrected chi connectivity index (χ1v) is 8.85. The first kappa shape index (κ1) is 17.3. The molecule has 0 aromatic carbocycles. The minimum absolute atomic E-state index is 0.848. The van der Waals surface area contributed by atoms with Gasteiger partial charge in [-0.05, 0) is 56.8 Å². The average Bonchev–Trinajstić information content (AvgIpc) is 2.90. The highest BCUT2D eigenvalue weighted by Gasteiger charge is 2.23. The monoisotopic (exact) mass is 274 g/mol. The van der Waals surface area contributed by atoms with Crippen molar-refractivity contribution < 1.29 is 0 Å². The summed E-state index contributed by atoms with van der Waals surface area (Å²) in [5, 5.41) is 0. The van der Waals surface area contributed by atoms with Crippen LogP contribution in [0.25, 0.3) is 0 Å². The highest BCUT2D eigenvalue weighted by Crippen LogP contribution is 2.35. The molecule has 0 nitrogen and oxygen atoms in total. The molecular formula is C20H34. The Balaban J connectivity index is 2.20. The molecule has 1 rings (SSSR count). The lowest BCUT2D eigenvalue weighted by Gasteiger charge is -2.13. The van der Waals surface area contributed by atoms with Gasteiger partial charge in [-0.25, -0.2) is 0 Å². The van der Waals surface area contributed by atoms with E-state index in [4.69, 9.17) is 0 Å². The van der Waals surface area contributed by atoms with E-state index < -0.39 is 0 Å². The molecule has 0 bridgehead atoms. The van der Waals surface area contributed by atoms with Crippen LogP contribution in [0.5, 0.6) is 0 Å². The number of rotatable bonds is 10. The molecule has 0 N–H and O–H groups in total. The van der Waals surface area contributed by atoms with E-state index in [-0.39, 0.29) is 0 Å². The van der Waals surface area contributed by atoms with E-state index in [1.807, 2.05) is 0 Å². The number of hydrogen-bond donors (Lipinski definition) is 0. The second-order valence-corrected chi connectivity index (χ2v) is 6.12. The molecule has 1 aliphatic carbocycles. The average molecular weight is 274 g/mol. The van der Waals surface area contributed by atoms with Crippen molar-refractivity contribution in [3.8, 4) is 0 Å². The minimum atomic E-state index is 0.848. The first-order valence-electron chi connectivity index (χ1n) is 8.85. The lowest BCUT2D eigenvalue weighted by molar-refractivity contribution is 0.463. The molecule has 0 aromatic rings. The number of hydrogen-bond acceptors (Lipinski definition) is 0. The lowest BCUT2D eigenvalue weighted by Crippen LogP contribution is -2.03. The molecule has 1 saturated carbocycles.